The average molecular weight is 260 g/mol. The Morgan fingerprint density at radius 1 is 1.21 bits per heavy atom. The standard InChI is InChI=1S/C17H28N2/c1-2-15-9-6-11-17(14-18,12-10-15)19-13-16-7-4-3-5-8-16/h3-5,7-8,15,19H,2,6,9-14,18H2,1H3. The molecule has 1 aliphatic rings. The Kier molecular flexibility index (Phi) is 5.41. The molecule has 1 aliphatic carbocycles. The lowest BCUT2D eigenvalue weighted by Gasteiger charge is -2.33. The summed E-state index contributed by atoms with van der Waals surface area (Å²) in [5, 5.41) is 3.76. The smallest absolute Gasteiger partial charge is 0.0307 e. The van der Waals surface area contributed by atoms with Gasteiger partial charge in [0.2, 0.25) is 0 Å². The Labute approximate surface area is 117 Å². The minimum absolute atomic E-state index is 0.166. The van der Waals surface area contributed by atoms with Gasteiger partial charge in [-0.25, -0.2) is 0 Å². The number of nitrogens with one attached hydrogen (secondary N) is 1. The van der Waals surface area contributed by atoms with Gasteiger partial charge in [-0.05, 0) is 30.7 Å². The van der Waals surface area contributed by atoms with Crippen LogP contribution in [0, 0.1) is 5.92 Å². The van der Waals surface area contributed by atoms with Gasteiger partial charge in [-0.1, -0.05) is 56.5 Å². The summed E-state index contributed by atoms with van der Waals surface area (Å²) in [6, 6.07) is 10.6. The van der Waals surface area contributed by atoms with Crippen LogP contribution >= 0.6 is 0 Å². The molecule has 0 aromatic heterocycles. The van der Waals surface area contributed by atoms with Crippen LogP contribution in [0.3, 0.4) is 0 Å². The van der Waals surface area contributed by atoms with E-state index in [0.29, 0.717) is 0 Å². The maximum absolute atomic E-state index is 6.10. The highest BCUT2D eigenvalue weighted by Crippen LogP contribution is 2.31. The molecular formula is C17H28N2. The van der Waals surface area contributed by atoms with Gasteiger partial charge in [-0.2, -0.15) is 0 Å². The molecule has 2 rings (SSSR count). The van der Waals surface area contributed by atoms with Gasteiger partial charge in [0.05, 0.1) is 0 Å². The zero-order valence-electron chi connectivity index (χ0n) is 12.2. The van der Waals surface area contributed by atoms with Crippen molar-refractivity contribution in [1.82, 2.24) is 5.32 Å². The summed E-state index contributed by atoms with van der Waals surface area (Å²) in [5.41, 5.74) is 7.62. The maximum Gasteiger partial charge on any atom is 0.0307 e. The zero-order chi connectivity index (χ0) is 13.6. The molecule has 19 heavy (non-hydrogen) atoms. The Morgan fingerprint density at radius 2 is 2.00 bits per heavy atom. The van der Waals surface area contributed by atoms with E-state index in [2.05, 4.69) is 42.6 Å². The quantitative estimate of drug-likeness (QED) is 0.796. The van der Waals surface area contributed by atoms with Crippen LogP contribution < -0.4 is 11.1 Å². The molecule has 2 atom stereocenters. The van der Waals surface area contributed by atoms with Crippen molar-refractivity contribution in [3.05, 3.63) is 35.9 Å². The highest BCUT2D eigenvalue weighted by Gasteiger charge is 2.30. The monoisotopic (exact) mass is 260 g/mol. The van der Waals surface area contributed by atoms with Crippen molar-refractivity contribution >= 4 is 0 Å². The van der Waals surface area contributed by atoms with Gasteiger partial charge in [-0.3, -0.25) is 0 Å². The van der Waals surface area contributed by atoms with Crippen molar-refractivity contribution in [1.29, 1.82) is 0 Å². The predicted molar refractivity (Wildman–Crippen MR) is 81.9 cm³/mol. The molecule has 0 heterocycles. The number of rotatable bonds is 5. The normalized spacial score (nSPS) is 28.0. The SMILES string of the molecule is CCC1CCCC(CN)(NCc2ccccc2)CC1. The van der Waals surface area contributed by atoms with E-state index >= 15 is 0 Å². The number of nitrogens with two attached hydrogens (primary N) is 1. The molecule has 0 bridgehead atoms. The highest BCUT2D eigenvalue weighted by atomic mass is 15.0. The molecular weight excluding hydrogens is 232 g/mol. The topological polar surface area (TPSA) is 38.0 Å². The van der Waals surface area contributed by atoms with Crippen molar-refractivity contribution in [2.45, 2.75) is 57.5 Å². The minimum atomic E-state index is 0.166. The Hall–Kier alpha value is -0.860. The number of benzene rings is 1. The van der Waals surface area contributed by atoms with E-state index in [1.807, 2.05) is 0 Å². The van der Waals surface area contributed by atoms with Gasteiger partial charge in [0.15, 0.2) is 0 Å². The molecule has 2 heteroatoms. The predicted octanol–water partition coefficient (Wildman–Crippen LogP) is 3.46. The van der Waals surface area contributed by atoms with Crippen molar-refractivity contribution in [3.63, 3.8) is 0 Å². The summed E-state index contributed by atoms with van der Waals surface area (Å²) in [6.07, 6.45) is 7.80. The van der Waals surface area contributed by atoms with Crippen LogP contribution in [0.15, 0.2) is 30.3 Å². The molecule has 3 N–H and O–H groups in total. The van der Waals surface area contributed by atoms with E-state index in [1.54, 1.807) is 0 Å². The largest absolute Gasteiger partial charge is 0.329 e. The first kappa shape index (κ1) is 14.5. The van der Waals surface area contributed by atoms with Crippen molar-refractivity contribution in [3.8, 4) is 0 Å². The molecule has 0 amide bonds. The molecule has 0 radical (unpaired) electrons. The lowest BCUT2D eigenvalue weighted by molar-refractivity contribution is 0.285. The number of hydrogen-bond donors (Lipinski definition) is 2. The molecule has 1 aromatic rings. The highest BCUT2D eigenvalue weighted by molar-refractivity contribution is 5.14. The van der Waals surface area contributed by atoms with Crippen LogP contribution in [-0.2, 0) is 6.54 Å². The molecule has 1 saturated carbocycles. The summed E-state index contributed by atoms with van der Waals surface area (Å²) in [6.45, 7) is 4.02. The van der Waals surface area contributed by atoms with Crippen molar-refractivity contribution in [2.24, 2.45) is 11.7 Å². The molecule has 0 spiro atoms. The molecule has 1 fully saturated rings. The van der Waals surface area contributed by atoms with Crippen LogP contribution in [0.25, 0.3) is 0 Å². The average Bonchev–Trinajstić information content (AvgIpc) is 2.69. The van der Waals surface area contributed by atoms with Crippen LogP contribution in [0.5, 0.6) is 0 Å². The van der Waals surface area contributed by atoms with Gasteiger partial charge in [0.25, 0.3) is 0 Å². The summed E-state index contributed by atoms with van der Waals surface area (Å²) in [4.78, 5) is 0. The first-order valence-electron chi connectivity index (χ1n) is 7.77. The summed E-state index contributed by atoms with van der Waals surface area (Å²) >= 11 is 0. The Balaban J connectivity index is 1.94. The fraction of sp³-hybridized carbons (Fsp3) is 0.647. The fourth-order valence-electron chi connectivity index (χ4n) is 3.23. The van der Waals surface area contributed by atoms with Crippen LogP contribution in [0.1, 0.15) is 51.0 Å². The second kappa shape index (κ2) is 7.06. The van der Waals surface area contributed by atoms with E-state index in [9.17, 15) is 0 Å². The Bertz CT molecular complexity index is 363. The summed E-state index contributed by atoms with van der Waals surface area (Å²) in [7, 11) is 0. The van der Waals surface area contributed by atoms with E-state index in [4.69, 9.17) is 5.73 Å². The first-order valence-corrected chi connectivity index (χ1v) is 7.77. The third kappa shape index (κ3) is 4.05. The van der Waals surface area contributed by atoms with Gasteiger partial charge in [0.1, 0.15) is 0 Å². The van der Waals surface area contributed by atoms with Crippen molar-refractivity contribution in [2.75, 3.05) is 6.54 Å². The second-order valence-electron chi connectivity index (χ2n) is 6.03. The lowest BCUT2D eigenvalue weighted by Crippen LogP contribution is -2.50. The van der Waals surface area contributed by atoms with Crippen LogP contribution in [-0.4, -0.2) is 12.1 Å². The van der Waals surface area contributed by atoms with Crippen LogP contribution in [0.2, 0.25) is 0 Å². The number of hydrogen-bond acceptors (Lipinski definition) is 2. The van der Waals surface area contributed by atoms with Crippen LogP contribution in [0.4, 0.5) is 0 Å². The van der Waals surface area contributed by atoms with E-state index < -0.39 is 0 Å². The molecule has 2 unspecified atom stereocenters. The fourth-order valence-corrected chi connectivity index (χ4v) is 3.23. The van der Waals surface area contributed by atoms with Gasteiger partial charge in [-0.15, -0.1) is 0 Å². The summed E-state index contributed by atoms with van der Waals surface area (Å²) in [5.74, 6) is 0.909. The molecule has 0 aliphatic heterocycles. The second-order valence-corrected chi connectivity index (χ2v) is 6.03. The third-order valence-electron chi connectivity index (χ3n) is 4.78. The van der Waals surface area contributed by atoms with E-state index in [-0.39, 0.29) is 5.54 Å². The Morgan fingerprint density at radius 3 is 2.68 bits per heavy atom. The zero-order valence-corrected chi connectivity index (χ0v) is 12.2. The third-order valence-corrected chi connectivity index (χ3v) is 4.78. The van der Waals surface area contributed by atoms with E-state index in [0.717, 1.165) is 19.0 Å². The molecule has 0 saturated heterocycles. The van der Waals surface area contributed by atoms with Gasteiger partial charge >= 0.3 is 0 Å². The minimum Gasteiger partial charge on any atom is -0.329 e. The van der Waals surface area contributed by atoms with E-state index in [1.165, 1.54) is 44.1 Å². The van der Waals surface area contributed by atoms with Gasteiger partial charge < -0.3 is 11.1 Å². The molecule has 106 valence electrons. The maximum atomic E-state index is 6.10. The molecule has 1 aromatic carbocycles. The van der Waals surface area contributed by atoms with Crippen molar-refractivity contribution < 1.29 is 0 Å². The summed E-state index contributed by atoms with van der Waals surface area (Å²) < 4.78 is 0. The lowest BCUT2D eigenvalue weighted by atomic mass is 9.89. The van der Waals surface area contributed by atoms with Gasteiger partial charge in [0, 0.05) is 18.6 Å². The molecule has 2 nitrogen and oxygen atoms in total. The first-order chi connectivity index (χ1) is 9.28.